The average molecular weight is 296 g/mol. The lowest BCUT2D eigenvalue weighted by atomic mass is 9.76. The first-order chi connectivity index (χ1) is 9.37. The van der Waals surface area contributed by atoms with E-state index in [1.807, 2.05) is 20.8 Å². The van der Waals surface area contributed by atoms with E-state index >= 15 is 0 Å². The first kappa shape index (κ1) is 19.7. The second kappa shape index (κ2) is 7.62. The number of primary amides is 1. The Morgan fingerprint density at radius 1 is 1.14 bits per heavy atom. The predicted octanol–water partition coefficient (Wildman–Crippen LogP) is 3.02. The lowest BCUT2D eigenvalue weighted by Gasteiger charge is -2.32. The summed E-state index contributed by atoms with van der Waals surface area (Å²) in [5.74, 6) is -1.35. The number of hydrogen-bond donors (Lipinski definition) is 2. The molecule has 0 spiro atoms. The van der Waals surface area contributed by atoms with Crippen LogP contribution in [-0.2, 0) is 9.59 Å². The molecule has 21 heavy (non-hydrogen) atoms. The molecule has 0 aromatic carbocycles. The minimum Gasteiger partial charge on any atom is -0.369 e. The molecule has 0 fully saturated rings. The van der Waals surface area contributed by atoms with Crippen molar-refractivity contribution in [1.29, 1.82) is 0 Å². The molecule has 0 rings (SSSR count). The molecule has 0 saturated carbocycles. The van der Waals surface area contributed by atoms with Crippen molar-refractivity contribution in [3.8, 4) is 0 Å². The number of amides is 2. The third-order valence-corrected chi connectivity index (χ3v) is 3.20. The maximum Gasteiger partial charge on any atom is 0.224 e. The molecule has 2 amide bonds. The van der Waals surface area contributed by atoms with Crippen molar-refractivity contribution in [3.63, 3.8) is 0 Å². The van der Waals surface area contributed by atoms with E-state index in [0.717, 1.165) is 0 Å². The first-order valence-electron chi connectivity index (χ1n) is 7.59. The van der Waals surface area contributed by atoms with Crippen LogP contribution in [0, 0.1) is 17.3 Å². The molecule has 0 aliphatic carbocycles. The number of rotatable bonds is 7. The van der Waals surface area contributed by atoms with Crippen LogP contribution in [0.4, 0.5) is 0 Å². The standard InChI is InChI=1S/C17H32N2O2/c1-8-9-10-12(14(18)20)13(11-16(2,3)4)15(21)19-17(5,6)7/h8,12-13H,1,9-11H2,2-7H3,(H2,18,20)(H,19,21)/t12-,13?/m0/s1. The van der Waals surface area contributed by atoms with Crippen LogP contribution in [0.25, 0.3) is 0 Å². The van der Waals surface area contributed by atoms with E-state index in [-0.39, 0.29) is 16.9 Å². The van der Waals surface area contributed by atoms with Crippen molar-refractivity contribution >= 4 is 11.8 Å². The molecule has 0 aliphatic rings. The van der Waals surface area contributed by atoms with Crippen LogP contribution >= 0.6 is 0 Å². The highest BCUT2D eigenvalue weighted by atomic mass is 16.2. The fourth-order valence-electron chi connectivity index (χ4n) is 2.38. The van der Waals surface area contributed by atoms with Gasteiger partial charge in [0.05, 0.1) is 5.92 Å². The van der Waals surface area contributed by atoms with E-state index in [0.29, 0.717) is 19.3 Å². The van der Waals surface area contributed by atoms with Crippen molar-refractivity contribution in [2.75, 3.05) is 0 Å². The smallest absolute Gasteiger partial charge is 0.224 e. The van der Waals surface area contributed by atoms with Gasteiger partial charge in [-0.25, -0.2) is 0 Å². The average Bonchev–Trinajstić information content (AvgIpc) is 2.23. The molecule has 1 unspecified atom stereocenters. The number of allylic oxidation sites excluding steroid dienone is 1. The van der Waals surface area contributed by atoms with Gasteiger partial charge in [0.2, 0.25) is 11.8 Å². The van der Waals surface area contributed by atoms with Crippen molar-refractivity contribution in [2.45, 2.75) is 66.3 Å². The number of nitrogens with one attached hydrogen (secondary N) is 1. The number of carbonyl (C=O) groups is 2. The molecule has 4 nitrogen and oxygen atoms in total. The van der Waals surface area contributed by atoms with Crippen molar-refractivity contribution in [1.82, 2.24) is 5.32 Å². The molecule has 0 radical (unpaired) electrons. The Balaban J connectivity index is 5.30. The minimum atomic E-state index is -0.454. The van der Waals surface area contributed by atoms with E-state index in [2.05, 4.69) is 32.7 Å². The summed E-state index contributed by atoms with van der Waals surface area (Å²) in [6.45, 7) is 15.7. The highest BCUT2D eigenvalue weighted by Gasteiger charge is 2.36. The van der Waals surface area contributed by atoms with Crippen LogP contribution in [0.15, 0.2) is 12.7 Å². The summed E-state index contributed by atoms with van der Waals surface area (Å²) in [4.78, 5) is 24.4. The fourth-order valence-corrected chi connectivity index (χ4v) is 2.38. The van der Waals surface area contributed by atoms with Gasteiger partial charge in [0.1, 0.15) is 0 Å². The minimum absolute atomic E-state index is 0.0538. The van der Waals surface area contributed by atoms with E-state index in [1.165, 1.54) is 0 Å². The van der Waals surface area contributed by atoms with Gasteiger partial charge in [0, 0.05) is 11.5 Å². The molecule has 2 atom stereocenters. The van der Waals surface area contributed by atoms with Gasteiger partial charge in [-0.2, -0.15) is 0 Å². The van der Waals surface area contributed by atoms with Gasteiger partial charge in [-0.3, -0.25) is 9.59 Å². The van der Waals surface area contributed by atoms with Gasteiger partial charge in [-0.15, -0.1) is 6.58 Å². The maximum absolute atomic E-state index is 12.6. The number of nitrogens with two attached hydrogens (primary N) is 1. The largest absolute Gasteiger partial charge is 0.369 e. The summed E-state index contributed by atoms with van der Waals surface area (Å²) in [7, 11) is 0. The Hall–Kier alpha value is -1.32. The van der Waals surface area contributed by atoms with Crippen molar-refractivity contribution < 1.29 is 9.59 Å². The summed E-state index contributed by atoms with van der Waals surface area (Å²) < 4.78 is 0. The van der Waals surface area contributed by atoms with E-state index < -0.39 is 17.7 Å². The van der Waals surface area contributed by atoms with Gasteiger partial charge < -0.3 is 11.1 Å². The van der Waals surface area contributed by atoms with Gasteiger partial charge in [0.25, 0.3) is 0 Å². The van der Waals surface area contributed by atoms with E-state index in [1.54, 1.807) is 6.08 Å². The van der Waals surface area contributed by atoms with Crippen molar-refractivity contribution in [2.24, 2.45) is 23.0 Å². The van der Waals surface area contributed by atoms with Gasteiger partial charge >= 0.3 is 0 Å². The predicted molar refractivity (Wildman–Crippen MR) is 87.6 cm³/mol. The molecule has 0 aromatic heterocycles. The van der Waals surface area contributed by atoms with Crippen LogP contribution < -0.4 is 11.1 Å². The zero-order chi connectivity index (χ0) is 16.8. The normalized spacial score (nSPS) is 15.1. The molecule has 4 heteroatoms. The molecule has 0 bridgehead atoms. The summed E-state index contributed by atoms with van der Waals surface area (Å²) in [5.41, 5.74) is 5.17. The highest BCUT2D eigenvalue weighted by Crippen LogP contribution is 2.32. The fraction of sp³-hybridized carbons (Fsp3) is 0.765. The molecule has 3 N–H and O–H groups in total. The lowest BCUT2D eigenvalue weighted by molar-refractivity contribution is -0.135. The Labute approximate surface area is 129 Å². The zero-order valence-electron chi connectivity index (χ0n) is 14.5. The Morgan fingerprint density at radius 2 is 1.67 bits per heavy atom. The molecule has 122 valence electrons. The summed E-state index contributed by atoms with van der Waals surface area (Å²) in [5, 5.41) is 2.98. The number of hydrogen-bond acceptors (Lipinski definition) is 2. The molecule has 0 aliphatic heterocycles. The monoisotopic (exact) mass is 296 g/mol. The summed E-state index contributed by atoms with van der Waals surface area (Å²) in [6, 6.07) is 0. The SMILES string of the molecule is C=CCC[C@H](C(N)=O)C(CC(C)(C)C)C(=O)NC(C)(C)C. The Kier molecular flexibility index (Phi) is 7.14. The van der Waals surface area contributed by atoms with Crippen LogP contribution in [0.2, 0.25) is 0 Å². The Morgan fingerprint density at radius 3 is 2.00 bits per heavy atom. The van der Waals surface area contributed by atoms with Gasteiger partial charge in [-0.05, 0) is 45.4 Å². The Bertz CT molecular complexity index is 375. The first-order valence-corrected chi connectivity index (χ1v) is 7.59. The maximum atomic E-state index is 12.6. The van der Waals surface area contributed by atoms with E-state index in [9.17, 15) is 9.59 Å². The molecule has 0 aromatic rings. The topological polar surface area (TPSA) is 72.2 Å². The van der Waals surface area contributed by atoms with Gasteiger partial charge in [0.15, 0.2) is 0 Å². The van der Waals surface area contributed by atoms with Crippen molar-refractivity contribution in [3.05, 3.63) is 12.7 Å². The van der Waals surface area contributed by atoms with Gasteiger partial charge in [-0.1, -0.05) is 26.8 Å². The third kappa shape index (κ3) is 8.53. The molecule has 0 heterocycles. The van der Waals surface area contributed by atoms with Crippen LogP contribution in [0.1, 0.15) is 60.8 Å². The molecular formula is C17H32N2O2. The quantitative estimate of drug-likeness (QED) is 0.709. The van der Waals surface area contributed by atoms with Crippen LogP contribution in [0.5, 0.6) is 0 Å². The molecular weight excluding hydrogens is 264 g/mol. The highest BCUT2D eigenvalue weighted by molar-refractivity contribution is 5.87. The van der Waals surface area contributed by atoms with Crippen LogP contribution in [-0.4, -0.2) is 17.4 Å². The van der Waals surface area contributed by atoms with E-state index in [4.69, 9.17) is 5.73 Å². The zero-order valence-corrected chi connectivity index (χ0v) is 14.5. The summed E-state index contributed by atoms with van der Waals surface area (Å²) >= 11 is 0. The lowest BCUT2D eigenvalue weighted by Crippen LogP contribution is -2.48. The second-order valence-electron chi connectivity index (χ2n) is 7.99. The molecule has 0 saturated heterocycles. The number of carbonyl (C=O) groups excluding carboxylic acids is 2. The van der Waals surface area contributed by atoms with Crippen LogP contribution in [0.3, 0.4) is 0 Å². The second-order valence-corrected chi connectivity index (χ2v) is 7.99. The summed E-state index contributed by atoms with van der Waals surface area (Å²) in [6.07, 6.45) is 3.62. The third-order valence-electron chi connectivity index (χ3n) is 3.20.